The molecule has 35 heavy (non-hydrogen) atoms. The predicted octanol–water partition coefficient (Wildman–Crippen LogP) is 2.50. The van der Waals surface area contributed by atoms with Gasteiger partial charge in [-0.25, -0.2) is 8.78 Å². The average Bonchev–Trinajstić information content (AvgIpc) is 2.88. The second kappa shape index (κ2) is 10.4. The molecule has 2 aromatic carbocycles. The maximum atomic E-state index is 13.4. The quantitative estimate of drug-likeness (QED) is 0.559. The first-order valence-electron chi connectivity index (χ1n) is 11.5. The number of carbonyl (C=O) groups is 3. The van der Waals surface area contributed by atoms with Crippen molar-refractivity contribution >= 4 is 23.3 Å². The molecule has 2 amide bonds. The van der Waals surface area contributed by atoms with Crippen molar-refractivity contribution in [2.75, 3.05) is 50.8 Å². The number of Topliss-reactive ketones (excluding diaryl/α,β-unsaturated/α-hetero) is 1. The third kappa shape index (κ3) is 5.27. The highest BCUT2D eigenvalue weighted by molar-refractivity contribution is 6.05. The van der Waals surface area contributed by atoms with E-state index in [2.05, 4.69) is 11.8 Å². The van der Waals surface area contributed by atoms with E-state index in [1.54, 1.807) is 17.9 Å². The zero-order valence-electron chi connectivity index (χ0n) is 19.6. The van der Waals surface area contributed by atoms with Crippen LogP contribution in [0.1, 0.15) is 24.2 Å². The number of rotatable bonds is 7. The van der Waals surface area contributed by atoms with Crippen LogP contribution in [0, 0.1) is 11.6 Å². The van der Waals surface area contributed by atoms with Crippen LogP contribution in [0.2, 0.25) is 0 Å². The number of fused-ring (bicyclic) bond motifs is 1. The molecule has 0 radical (unpaired) electrons. The van der Waals surface area contributed by atoms with Gasteiger partial charge in [-0.1, -0.05) is 6.92 Å². The molecule has 10 heteroatoms. The van der Waals surface area contributed by atoms with Crippen molar-refractivity contribution in [3.63, 3.8) is 0 Å². The summed E-state index contributed by atoms with van der Waals surface area (Å²) in [5.41, 5.74) is 0.554. The van der Waals surface area contributed by atoms with Crippen LogP contribution < -0.4 is 14.4 Å². The van der Waals surface area contributed by atoms with E-state index in [0.29, 0.717) is 24.5 Å². The van der Waals surface area contributed by atoms with Gasteiger partial charge in [0.15, 0.2) is 30.6 Å². The molecule has 186 valence electrons. The van der Waals surface area contributed by atoms with Gasteiger partial charge in [-0.2, -0.15) is 0 Å². The zero-order valence-corrected chi connectivity index (χ0v) is 19.6. The molecule has 2 heterocycles. The highest BCUT2D eigenvalue weighted by atomic mass is 19.2. The van der Waals surface area contributed by atoms with Gasteiger partial charge < -0.3 is 19.3 Å². The van der Waals surface area contributed by atoms with E-state index in [0.717, 1.165) is 31.8 Å². The molecule has 0 bridgehead atoms. The molecule has 2 aromatic rings. The number of ether oxygens (including phenoxy) is 2. The van der Waals surface area contributed by atoms with Gasteiger partial charge >= 0.3 is 0 Å². The van der Waals surface area contributed by atoms with Gasteiger partial charge in [-0.15, -0.1) is 0 Å². The lowest BCUT2D eigenvalue weighted by atomic mass is 10.1. The summed E-state index contributed by atoms with van der Waals surface area (Å²) in [6.07, 6.45) is 0. The zero-order chi connectivity index (χ0) is 25.1. The smallest absolute Gasteiger partial charge is 0.265 e. The molecule has 1 saturated heterocycles. The molecule has 0 aliphatic carbocycles. The Hall–Kier alpha value is -3.53. The van der Waals surface area contributed by atoms with Gasteiger partial charge in [0.1, 0.15) is 17.5 Å². The van der Waals surface area contributed by atoms with Crippen LogP contribution >= 0.6 is 0 Å². The first-order valence-corrected chi connectivity index (χ1v) is 11.5. The van der Waals surface area contributed by atoms with Gasteiger partial charge in [0, 0.05) is 37.8 Å². The van der Waals surface area contributed by atoms with Crippen LogP contribution in [0.5, 0.6) is 11.5 Å². The average molecular weight is 488 g/mol. The number of hydrogen-bond donors (Lipinski definition) is 0. The number of amides is 2. The highest BCUT2D eigenvalue weighted by Gasteiger charge is 2.36. The molecule has 0 saturated carbocycles. The fourth-order valence-electron chi connectivity index (χ4n) is 4.23. The summed E-state index contributed by atoms with van der Waals surface area (Å²) < 4.78 is 37.3. The Morgan fingerprint density at radius 1 is 1.06 bits per heavy atom. The highest BCUT2D eigenvalue weighted by Crippen LogP contribution is 2.35. The fraction of sp³-hybridized carbons (Fsp3) is 0.400. The topological polar surface area (TPSA) is 79.4 Å². The molecule has 8 nitrogen and oxygen atoms in total. The van der Waals surface area contributed by atoms with Gasteiger partial charge in [-0.3, -0.25) is 19.3 Å². The summed E-state index contributed by atoms with van der Waals surface area (Å²) >= 11 is 0. The standard InChI is InChI=1S/C25H27F2N3O5/c1-3-28-8-10-29(11-9-28)25(33)16(2)30-21-12-17(4-7-23(21)35-15-24(30)32)22(31)14-34-18-5-6-19(26)20(27)13-18/h4-7,12-13,16H,3,8-11,14-15H2,1-2H3. The molecule has 4 rings (SSSR count). The molecule has 0 N–H and O–H groups in total. The number of halogens is 2. The number of piperazine rings is 1. The van der Waals surface area contributed by atoms with Crippen LogP contribution in [0.4, 0.5) is 14.5 Å². The Balaban J connectivity index is 1.50. The molecule has 0 aromatic heterocycles. The number of benzene rings is 2. The number of likely N-dealkylation sites (N-methyl/N-ethyl adjacent to an activating group) is 1. The molecule has 1 fully saturated rings. The first kappa shape index (κ1) is 24.6. The summed E-state index contributed by atoms with van der Waals surface area (Å²) in [5.74, 6) is -2.68. The SMILES string of the molecule is CCN1CCN(C(=O)C(C)N2C(=O)COc3ccc(C(=O)COc4ccc(F)c(F)c4)cc32)CC1. The lowest BCUT2D eigenvalue weighted by Gasteiger charge is -2.39. The number of ketones is 1. The van der Waals surface area contributed by atoms with Gasteiger partial charge in [0.05, 0.1) is 5.69 Å². The second-order valence-corrected chi connectivity index (χ2v) is 8.46. The van der Waals surface area contributed by atoms with E-state index in [1.165, 1.54) is 23.1 Å². The van der Waals surface area contributed by atoms with Crippen LogP contribution in [0.3, 0.4) is 0 Å². The van der Waals surface area contributed by atoms with Crippen LogP contribution in [-0.2, 0) is 9.59 Å². The molecule has 0 spiro atoms. The number of nitrogens with zero attached hydrogens (tertiary/aromatic N) is 3. The summed E-state index contributed by atoms with van der Waals surface area (Å²) in [7, 11) is 0. The largest absolute Gasteiger partial charge is 0.485 e. The first-order chi connectivity index (χ1) is 16.8. The van der Waals surface area contributed by atoms with E-state index in [-0.39, 0.29) is 29.7 Å². The predicted molar refractivity (Wildman–Crippen MR) is 124 cm³/mol. The van der Waals surface area contributed by atoms with E-state index in [4.69, 9.17) is 9.47 Å². The minimum atomic E-state index is -1.08. The van der Waals surface area contributed by atoms with E-state index in [9.17, 15) is 23.2 Å². The number of hydrogen-bond acceptors (Lipinski definition) is 6. The lowest BCUT2D eigenvalue weighted by molar-refractivity contribution is -0.136. The van der Waals surface area contributed by atoms with Crippen molar-refractivity contribution in [1.82, 2.24) is 9.80 Å². The van der Waals surface area contributed by atoms with Crippen molar-refractivity contribution in [3.05, 3.63) is 53.6 Å². The molecule has 1 unspecified atom stereocenters. The van der Waals surface area contributed by atoms with Crippen molar-refractivity contribution in [1.29, 1.82) is 0 Å². The molecule has 2 aliphatic heterocycles. The van der Waals surface area contributed by atoms with Crippen LogP contribution in [-0.4, -0.2) is 79.4 Å². The van der Waals surface area contributed by atoms with Gasteiger partial charge in [0.2, 0.25) is 5.91 Å². The normalized spacial score (nSPS) is 17.0. The lowest BCUT2D eigenvalue weighted by Crippen LogP contribution is -2.56. The third-order valence-electron chi connectivity index (χ3n) is 6.30. The maximum Gasteiger partial charge on any atom is 0.265 e. The Morgan fingerprint density at radius 3 is 2.49 bits per heavy atom. The minimum Gasteiger partial charge on any atom is -0.485 e. The molecular weight excluding hydrogens is 460 g/mol. The second-order valence-electron chi connectivity index (χ2n) is 8.46. The van der Waals surface area contributed by atoms with Crippen molar-refractivity contribution in [2.24, 2.45) is 0 Å². The van der Waals surface area contributed by atoms with E-state index in [1.807, 2.05) is 0 Å². The minimum absolute atomic E-state index is 0.0118. The van der Waals surface area contributed by atoms with Crippen LogP contribution in [0.25, 0.3) is 0 Å². The van der Waals surface area contributed by atoms with Crippen molar-refractivity contribution in [3.8, 4) is 11.5 Å². The summed E-state index contributed by atoms with van der Waals surface area (Å²) in [6.45, 7) is 6.76. The summed E-state index contributed by atoms with van der Waals surface area (Å²) in [6, 6.07) is 6.80. The number of carbonyl (C=O) groups excluding carboxylic acids is 3. The monoisotopic (exact) mass is 487 g/mol. The van der Waals surface area contributed by atoms with E-state index < -0.39 is 30.1 Å². The summed E-state index contributed by atoms with van der Waals surface area (Å²) in [4.78, 5) is 44.1. The Kier molecular flexibility index (Phi) is 7.30. The van der Waals surface area contributed by atoms with Crippen molar-refractivity contribution in [2.45, 2.75) is 19.9 Å². The van der Waals surface area contributed by atoms with E-state index >= 15 is 0 Å². The third-order valence-corrected chi connectivity index (χ3v) is 6.30. The van der Waals surface area contributed by atoms with Crippen molar-refractivity contribution < 1.29 is 32.6 Å². The Labute approximate surface area is 202 Å². The fourth-order valence-corrected chi connectivity index (χ4v) is 4.23. The Bertz CT molecular complexity index is 1130. The molecule has 2 aliphatic rings. The van der Waals surface area contributed by atoms with Gasteiger partial charge in [0.25, 0.3) is 5.91 Å². The maximum absolute atomic E-state index is 13.4. The Morgan fingerprint density at radius 2 is 1.80 bits per heavy atom. The van der Waals surface area contributed by atoms with Gasteiger partial charge in [-0.05, 0) is 43.8 Å². The molecule has 1 atom stereocenters. The molecular formula is C25H27F2N3O5. The number of anilines is 1. The summed E-state index contributed by atoms with van der Waals surface area (Å²) in [5, 5.41) is 0. The van der Waals surface area contributed by atoms with Crippen LogP contribution in [0.15, 0.2) is 36.4 Å².